The summed E-state index contributed by atoms with van der Waals surface area (Å²) in [5.74, 6) is -0.222. The highest BCUT2D eigenvalue weighted by Crippen LogP contribution is 2.38. The number of aromatic amines is 1. The Hall–Kier alpha value is -1.40. The van der Waals surface area contributed by atoms with E-state index in [1.165, 1.54) is 18.0 Å². The van der Waals surface area contributed by atoms with E-state index in [1.807, 2.05) is 18.2 Å². The van der Waals surface area contributed by atoms with Crippen molar-refractivity contribution in [2.24, 2.45) is 0 Å². The molecule has 2 aromatic carbocycles. The predicted octanol–water partition coefficient (Wildman–Crippen LogP) is 6.95. The Morgan fingerprint density at radius 3 is 2.83 bits per heavy atom. The van der Waals surface area contributed by atoms with Crippen LogP contribution in [0.25, 0.3) is 21.0 Å². The molecular weight excluding hydrogens is 374 g/mol. The lowest BCUT2D eigenvalue weighted by Crippen LogP contribution is -1.87. The Morgan fingerprint density at radius 2 is 1.96 bits per heavy atom. The van der Waals surface area contributed by atoms with Gasteiger partial charge in [0, 0.05) is 16.3 Å². The van der Waals surface area contributed by atoms with Gasteiger partial charge in [0.25, 0.3) is 0 Å². The van der Waals surface area contributed by atoms with Gasteiger partial charge in [0.15, 0.2) is 0 Å². The summed E-state index contributed by atoms with van der Waals surface area (Å²) in [6.45, 7) is 0. The van der Waals surface area contributed by atoms with E-state index in [0.717, 1.165) is 30.9 Å². The van der Waals surface area contributed by atoms with Crippen molar-refractivity contribution >= 4 is 73.2 Å². The first kappa shape index (κ1) is 15.1. The normalized spacial score (nSPS) is 11.4. The quantitative estimate of drug-likeness (QED) is 0.375. The summed E-state index contributed by atoms with van der Waals surface area (Å²) in [6, 6.07) is 10.5. The number of hydrogen-bond donors (Lipinski definition) is 2. The largest absolute Gasteiger partial charge is 0.358 e. The molecule has 0 saturated carbocycles. The predicted molar refractivity (Wildman–Crippen MR) is 99.6 cm³/mol. The summed E-state index contributed by atoms with van der Waals surface area (Å²) in [5.41, 5.74) is 1.76. The van der Waals surface area contributed by atoms with Crippen LogP contribution in [0, 0.1) is 5.82 Å². The van der Waals surface area contributed by atoms with E-state index >= 15 is 0 Å². The van der Waals surface area contributed by atoms with Crippen LogP contribution in [-0.2, 0) is 0 Å². The van der Waals surface area contributed by atoms with E-state index in [0.29, 0.717) is 10.0 Å². The summed E-state index contributed by atoms with van der Waals surface area (Å²) in [6.07, 6.45) is 1.72. The molecule has 2 N–H and O–H groups in total. The third-order valence-electron chi connectivity index (χ3n) is 3.45. The molecule has 0 aliphatic rings. The van der Waals surface area contributed by atoms with Crippen molar-refractivity contribution in [1.29, 1.82) is 0 Å². The summed E-state index contributed by atoms with van der Waals surface area (Å²) >= 11 is 15.4. The minimum absolute atomic E-state index is 0.222. The van der Waals surface area contributed by atoms with Crippen molar-refractivity contribution in [3.8, 4) is 0 Å². The fraction of sp³-hybridized carbons (Fsp3) is 0. The zero-order valence-corrected chi connectivity index (χ0v) is 14.6. The van der Waals surface area contributed by atoms with Crippen LogP contribution in [-0.4, -0.2) is 4.98 Å². The zero-order chi connectivity index (χ0) is 16.0. The van der Waals surface area contributed by atoms with Gasteiger partial charge in [0.2, 0.25) is 0 Å². The molecule has 0 spiro atoms. The molecule has 0 aliphatic heterocycles. The molecular formula is C16H9Cl2FN2S2. The number of anilines is 1. The lowest BCUT2D eigenvalue weighted by atomic mass is 10.2. The van der Waals surface area contributed by atoms with Crippen molar-refractivity contribution in [2.75, 3.05) is 4.72 Å². The molecule has 0 fully saturated rings. The first-order valence-corrected chi connectivity index (χ1v) is 9.08. The van der Waals surface area contributed by atoms with Crippen LogP contribution in [0.1, 0.15) is 0 Å². The number of benzene rings is 2. The number of rotatable bonds is 3. The molecule has 4 aromatic rings. The third kappa shape index (κ3) is 2.78. The number of H-pyrrole nitrogens is 1. The van der Waals surface area contributed by atoms with Crippen molar-refractivity contribution in [2.45, 2.75) is 4.21 Å². The maximum absolute atomic E-state index is 13.3. The molecule has 2 aromatic heterocycles. The Kier molecular flexibility index (Phi) is 3.89. The minimum atomic E-state index is -0.222. The highest BCUT2D eigenvalue weighted by atomic mass is 35.5. The summed E-state index contributed by atoms with van der Waals surface area (Å²) in [4.78, 5) is 3.13. The number of nitrogens with one attached hydrogen (secondary N) is 2. The summed E-state index contributed by atoms with van der Waals surface area (Å²) in [7, 11) is 0. The Labute approximate surface area is 149 Å². The Bertz CT molecular complexity index is 1030. The SMILES string of the molecule is Fc1ccc2sc(SNc3ccc(Cl)c4c(Cl)c[nH]c34)cc2c1. The number of hydrogen-bond acceptors (Lipinski definition) is 3. The van der Waals surface area contributed by atoms with Crippen LogP contribution >= 0.6 is 46.5 Å². The average molecular weight is 383 g/mol. The standard InChI is InChI=1S/C16H9Cl2FN2S2/c17-10-2-3-12(16-15(10)11(18)7-20-16)21-23-14-6-8-5-9(19)1-4-13(8)22-14/h1-7,20-21H. The molecule has 0 bridgehead atoms. The van der Waals surface area contributed by atoms with E-state index in [9.17, 15) is 4.39 Å². The van der Waals surface area contributed by atoms with Crippen LogP contribution in [0.2, 0.25) is 10.0 Å². The van der Waals surface area contributed by atoms with Gasteiger partial charge in [-0.05, 0) is 53.7 Å². The molecule has 2 heterocycles. The molecule has 0 unspecified atom stereocenters. The van der Waals surface area contributed by atoms with E-state index in [1.54, 1.807) is 29.7 Å². The molecule has 0 saturated heterocycles. The molecule has 7 heteroatoms. The van der Waals surface area contributed by atoms with Crippen molar-refractivity contribution in [3.63, 3.8) is 0 Å². The van der Waals surface area contributed by atoms with Crippen LogP contribution in [0.5, 0.6) is 0 Å². The maximum atomic E-state index is 13.3. The monoisotopic (exact) mass is 382 g/mol. The number of aromatic nitrogens is 1. The number of halogens is 3. The van der Waals surface area contributed by atoms with Crippen LogP contribution in [0.4, 0.5) is 10.1 Å². The molecule has 0 atom stereocenters. The van der Waals surface area contributed by atoms with Crippen molar-refractivity contribution in [1.82, 2.24) is 4.98 Å². The second kappa shape index (κ2) is 5.91. The minimum Gasteiger partial charge on any atom is -0.358 e. The van der Waals surface area contributed by atoms with Crippen molar-refractivity contribution in [3.05, 3.63) is 58.5 Å². The number of thiophene rings is 1. The lowest BCUT2D eigenvalue weighted by Gasteiger charge is -2.06. The molecule has 116 valence electrons. The van der Waals surface area contributed by atoms with E-state index in [2.05, 4.69) is 9.71 Å². The third-order valence-corrected chi connectivity index (χ3v) is 6.12. The molecule has 23 heavy (non-hydrogen) atoms. The van der Waals surface area contributed by atoms with Gasteiger partial charge in [-0.25, -0.2) is 4.39 Å². The molecule has 0 radical (unpaired) electrons. The van der Waals surface area contributed by atoms with Gasteiger partial charge in [-0.2, -0.15) is 0 Å². The fourth-order valence-electron chi connectivity index (χ4n) is 2.40. The smallest absolute Gasteiger partial charge is 0.123 e. The van der Waals surface area contributed by atoms with E-state index < -0.39 is 0 Å². The van der Waals surface area contributed by atoms with Gasteiger partial charge >= 0.3 is 0 Å². The zero-order valence-electron chi connectivity index (χ0n) is 11.5. The van der Waals surface area contributed by atoms with Gasteiger partial charge in [-0.3, -0.25) is 0 Å². The van der Waals surface area contributed by atoms with Gasteiger partial charge in [-0.15, -0.1) is 11.3 Å². The first-order chi connectivity index (χ1) is 11.1. The number of fused-ring (bicyclic) bond motifs is 2. The fourth-order valence-corrected chi connectivity index (χ4v) is 4.86. The summed E-state index contributed by atoms with van der Waals surface area (Å²) in [5, 5.41) is 2.91. The highest BCUT2D eigenvalue weighted by Gasteiger charge is 2.11. The van der Waals surface area contributed by atoms with Crippen LogP contribution < -0.4 is 4.72 Å². The Balaban J connectivity index is 1.64. The second-order valence-corrected chi connectivity index (χ2v) is 7.94. The van der Waals surface area contributed by atoms with Crippen molar-refractivity contribution < 1.29 is 4.39 Å². The van der Waals surface area contributed by atoms with Gasteiger partial charge in [0.05, 0.1) is 25.5 Å². The van der Waals surface area contributed by atoms with Crippen LogP contribution in [0.3, 0.4) is 0 Å². The highest BCUT2D eigenvalue weighted by molar-refractivity contribution is 8.02. The molecule has 2 nitrogen and oxygen atoms in total. The first-order valence-electron chi connectivity index (χ1n) is 6.69. The maximum Gasteiger partial charge on any atom is 0.123 e. The molecule has 0 aliphatic carbocycles. The van der Waals surface area contributed by atoms with Gasteiger partial charge in [-0.1, -0.05) is 23.2 Å². The van der Waals surface area contributed by atoms with Gasteiger partial charge < -0.3 is 9.71 Å². The van der Waals surface area contributed by atoms with Crippen LogP contribution in [0.15, 0.2) is 46.8 Å². The lowest BCUT2D eigenvalue weighted by molar-refractivity contribution is 0.630. The molecule has 4 rings (SSSR count). The molecule has 0 amide bonds. The summed E-state index contributed by atoms with van der Waals surface area (Å²) < 4.78 is 18.7. The second-order valence-electron chi connectivity index (χ2n) is 4.93. The van der Waals surface area contributed by atoms with E-state index in [-0.39, 0.29) is 5.82 Å². The Morgan fingerprint density at radius 1 is 1.09 bits per heavy atom. The average Bonchev–Trinajstić information content (AvgIpc) is 3.10. The van der Waals surface area contributed by atoms with E-state index in [4.69, 9.17) is 23.2 Å². The van der Waals surface area contributed by atoms with Gasteiger partial charge in [0.1, 0.15) is 5.82 Å². The topological polar surface area (TPSA) is 27.8 Å².